The molecule has 16 heavy (non-hydrogen) atoms. The molecule has 0 fully saturated rings. The first-order valence-electron chi connectivity index (χ1n) is 2.68. The molecule has 0 bridgehead atoms. The molecule has 4 nitrogen and oxygen atoms in total. The van der Waals surface area contributed by atoms with E-state index in [4.69, 9.17) is 0 Å². The van der Waals surface area contributed by atoms with Crippen molar-refractivity contribution in [1.82, 2.24) is 0 Å². The summed E-state index contributed by atoms with van der Waals surface area (Å²) in [6, 6.07) is 0. The van der Waals surface area contributed by atoms with Gasteiger partial charge in [0, 0.05) is 0 Å². The second-order valence-corrected chi connectivity index (χ2v) is 5.95. The third-order valence-corrected chi connectivity index (χ3v) is 4.22. The van der Waals surface area contributed by atoms with Crippen LogP contribution < -0.4 is 51.4 Å². The fourth-order valence-electron chi connectivity index (χ4n) is 0.276. The number of sulfone groups is 2. The summed E-state index contributed by atoms with van der Waals surface area (Å²) in [5.74, 6) is 0. The normalized spacial score (nSPS) is 14.4. The van der Waals surface area contributed by atoms with Crippen LogP contribution in [0.2, 0.25) is 0 Å². The van der Waals surface area contributed by atoms with E-state index in [-0.39, 0.29) is 51.4 Å². The molecular formula is C3HF6KO4S2. The van der Waals surface area contributed by atoms with Gasteiger partial charge in [-0.1, -0.05) is 5.08 Å². The van der Waals surface area contributed by atoms with Crippen LogP contribution in [0.25, 0.3) is 0 Å². The van der Waals surface area contributed by atoms with Crippen LogP contribution in [0.15, 0.2) is 0 Å². The van der Waals surface area contributed by atoms with E-state index in [2.05, 4.69) is 0 Å². The summed E-state index contributed by atoms with van der Waals surface area (Å²) in [7, 11) is -12.9. The maximum Gasteiger partial charge on any atom is 1.00 e. The minimum Gasteiger partial charge on any atom is -0.253 e. The van der Waals surface area contributed by atoms with Crippen molar-refractivity contribution in [3.63, 3.8) is 0 Å². The second kappa shape index (κ2) is 5.40. The third-order valence-electron chi connectivity index (χ3n) is 0.899. The molecule has 0 aliphatic carbocycles. The number of rotatable bonds is 2. The van der Waals surface area contributed by atoms with E-state index < -0.39 is 35.8 Å². The van der Waals surface area contributed by atoms with Crippen LogP contribution in [-0.4, -0.2) is 27.9 Å². The second-order valence-electron chi connectivity index (χ2n) is 2.08. The molecule has 0 atom stereocenters. The molecule has 0 aromatic rings. The standard InChI is InChI=1S/C3HF6O4S2.K/c4-2(5,6)14(10,11)1-15(12,13)3(7,8)9;/h1H;/q-1;+1. The number of halogens is 6. The van der Waals surface area contributed by atoms with Crippen LogP contribution in [0.5, 0.6) is 0 Å². The Labute approximate surface area is 129 Å². The summed E-state index contributed by atoms with van der Waals surface area (Å²) < 4.78 is 109. The summed E-state index contributed by atoms with van der Waals surface area (Å²) in [6.07, 6.45) is 0. The Kier molecular flexibility index (Phi) is 6.57. The van der Waals surface area contributed by atoms with Gasteiger partial charge in [-0.3, -0.25) is 16.8 Å². The zero-order valence-corrected chi connectivity index (χ0v) is 12.1. The van der Waals surface area contributed by atoms with Crippen molar-refractivity contribution < 1.29 is 94.6 Å². The van der Waals surface area contributed by atoms with Crippen molar-refractivity contribution in [2.45, 2.75) is 11.0 Å². The van der Waals surface area contributed by atoms with Crippen molar-refractivity contribution in [2.75, 3.05) is 0 Å². The van der Waals surface area contributed by atoms with E-state index in [1.165, 1.54) is 0 Å². The van der Waals surface area contributed by atoms with Crippen LogP contribution in [0.1, 0.15) is 0 Å². The van der Waals surface area contributed by atoms with Crippen molar-refractivity contribution in [3.8, 4) is 0 Å². The molecule has 0 saturated carbocycles. The van der Waals surface area contributed by atoms with E-state index in [0.717, 1.165) is 0 Å². The van der Waals surface area contributed by atoms with Gasteiger partial charge >= 0.3 is 62.4 Å². The average Bonchev–Trinajstić information content (AvgIpc) is 1.77. The Morgan fingerprint density at radius 1 is 0.688 bits per heavy atom. The summed E-state index contributed by atoms with van der Waals surface area (Å²) in [5, 5.41) is -1.76. The maximum absolute atomic E-state index is 11.5. The molecule has 0 aromatic carbocycles. The van der Waals surface area contributed by atoms with Crippen molar-refractivity contribution in [1.29, 1.82) is 0 Å². The molecule has 0 saturated heterocycles. The Balaban J connectivity index is 0. The van der Waals surface area contributed by atoms with Crippen LogP contribution in [0, 0.1) is 5.08 Å². The van der Waals surface area contributed by atoms with Gasteiger partial charge in [-0.05, 0) is 0 Å². The summed E-state index contributed by atoms with van der Waals surface area (Å²) in [6.45, 7) is 0. The van der Waals surface area contributed by atoms with Gasteiger partial charge in [0.15, 0.2) is 0 Å². The molecule has 0 aliphatic rings. The zero-order valence-electron chi connectivity index (χ0n) is 7.29. The van der Waals surface area contributed by atoms with E-state index >= 15 is 0 Å². The first-order valence-corrected chi connectivity index (χ1v) is 5.77. The number of hydrogen-bond acceptors (Lipinski definition) is 4. The smallest absolute Gasteiger partial charge is 0.253 e. The van der Waals surface area contributed by atoms with E-state index in [1.807, 2.05) is 0 Å². The molecule has 13 heteroatoms. The molecule has 0 amide bonds. The van der Waals surface area contributed by atoms with Crippen LogP contribution in [0.4, 0.5) is 26.3 Å². The minimum atomic E-state index is -6.47. The van der Waals surface area contributed by atoms with E-state index in [1.54, 1.807) is 0 Å². The summed E-state index contributed by atoms with van der Waals surface area (Å²) in [4.78, 5) is 0. The molecule has 0 unspecified atom stereocenters. The third kappa shape index (κ3) is 4.78. The van der Waals surface area contributed by atoms with Crippen molar-refractivity contribution in [3.05, 3.63) is 5.08 Å². The van der Waals surface area contributed by atoms with Crippen molar-refractivity contribution in [2.24, 2.45) is 0 Å². The summed E-state index contributed by atoms with van der Waals surface area (Å²) in [5.41, 5.74) is -12.2. The Bertz CT molecular complexity index is 387. The molecular weight excluding hydrogens is 317 g/mol. The van der Waals surface area contributed by atoms with Gasteiger partial charge in [0.1, 0.15) is 19.7 Å². The monoisotopic (exact) mass is 318 g/mol. The van der Waals surface area contributed by atoms with Crippen LogP contribution in [-0.2, 0) is 19.7 Å². The van der Waals surface area contributed by atoms with Crippen molar-refractivity contribution >= 4 is 19.7 Å². The van der Waals surface area contributed by atoms with E-state index in [0.29, 0.717) is 0 Å². The fourth-order valence-corrected chi connectivity index (χ4v) is 2.48. The predicted octanol–water partition coefficient (Wildman–Crippen LogP) is -2.02. The van der Waals surface area contributed by atoms with Gasteiger partial charge in [-0.15, -0.1) is 0 Å². The molecule has 0 aliphatic heterocycles. The van der Waals surface area contributed by atoms with Gasteiger partial charge in [0.2, 0.25) is 0 Å². The van der Waals surface area contributed by atoms with Gasteiger partial charge in [0.25, 0.3) is 0 Å². The topological polar surface area (TPSA) is 68.3 Å². The summed E-state index contributed by atoms with van der Waals surface area (Å²) >= 11 is 0. The number of alkyl halides is 6. The molecule has 0 rings (SSSR count). The fraction of sp³-hybridized carbons (Fsp3) is 0.667. The Hall–Kier alpha value is 1.12. The molecule has 0 aromatic heterocycles. The Morgan fingerprint density at radius 2 is 0.875 bits per heavy atom. The van der Waals surface area contributed by atoms with Gasteiger partial charge in [-0.2, -0.15) is 26.3 Å². The predicted molar refractivity (Wildman–Crippen MR) is 34.2 cm³/mol. The average molecular weight is 318 g/mol. The minimum absolute atomic E-state index is 0. The first kappa shape index (κ1) is 19.5. The Morgan fingerprint density at radius 3 is 1.00 bits per heavy atom. The van der Waals surface area contributed by atoms with E-state index in [9.17, 15) is 43.2 Å². The first-order chi connectivity index (χ1) is 6.21. The SMILES string of the molecule is O=S(=O)([CH-]S(=O)(=O)C(F)(F)F)C(F)(F)F.[K+]. The largest absolute Gasteiger partial charge is 1.00 e. The molecule has 0 spiro atoms. The molecule has 0 radical (unpaired) electrons. The van der Waals surface area contributed by atoms with Crippen LogP contribution in [0.3, 0.4) is 0 Å². The zero-order chi connectivity index (χ0) is 12.7. The van der Waals surface area contributed by atoms with Gasteiger partial charge < -0.3 is 0 Å². The molecule has 0 heterocycles. The van der Waals surface area contributed by atoms with Gasteiger partial charge in [0.05, 0.1) is 0 Å². The van der Waals surface area contributed by atoms with Crippen LogP contribution >= 0.6 is 0 Å². The maximum atomic E-state index is 11.5. The molecule has 92 valence electrons. The quantitative estimate of drug-likeness (QED) is 0.335. The molecule has 0 N–H and O–H groups in total. The van der Waals surface area contributed by atoms with Gasteiger partial charge in [-0.25, -0.2) is 0 Å². The number of hydrogen-bond donors (Lipinski definition) is 0.